The highest BCUT2D eigenvalue weighted by molar-refractivity contribution is 5.96. The highest BCUT2D eigenvalue weighted by Crippen LogP contribution is 2.20. The van der Waals surface area contributed by atoms with Gasteiger partial charge in [-0.3, -0.25) is 28.8 Å². The lowest BCUT2D eigenvalue weighted by Gasteiger charge is -2.29. The van der Waals surface area contributed by atoms with Crippen molar-refractivity contribution in [2.75, 3.05) is 6.54 Å². The lowest BCUT2D eigenvalue weighted by atomic mass is 10.00. The van der Waals surface area contributed by atoms with Crippen molar-refractivity contribution in [1.29, 1.82) is 0 Å². The standard InChI is InChI=1S/C29H42N6O10/c1-15(2)24(27(42)33-20(29(44)45)14-16-5-7-17(36)8-6-16)34-25(40)19(10-11-22(31)37)32-26(41)21-4-3-13-35(21)28(43)18(30)9-12-23(38)39/h5-8,15,18-21,24,36H,3-4,9-14,30H2,1-2H3,(H2,31,37)(H,32,41)(H,33,42)(H,34,40)(H,38,39)(H,44,45)/t18-,19-,20-,21-,24-/m0/s1. The number of hydrogen-bond donors (Lipinski definition) is 8. The number of amides is 5. The molecule has 0 aromatic heterocycles. The van der Waals surface area contributed by atoms with Gasteiger partial charge in [-0.05, 0) is 49.3 Å². The SMILES string of the molecule is CC(C)[C@H](NC(=O)[C@H](CCC(N)=O)NC(=O)[C@@H]1CCCN1C(=O)[C@@H](N)CCC(=O)O)C(=O)N[C@@H](Cc1ccc(O)cc1)C(=O)O. The summed E-state index contributed by atoms with van der Waals surface area (Å²) in [5.41, 5.74) is 11.7. The van der Waals surface area contributed by atoms with E-state index in [2.05, 4.69) is 16.0 Å². The number of primary amides is 1. The highest BCUT2D eigenvalue weighted by Gasteiger charge is 2.38. The topological polar surface area (TPSA) is 272 Å². The van der Waals surface area contributed by atoms with Crippen LogP contribution in [0.4, 0.5) is 0 Å². The zero-order valence-corrected chi connectivity index (χ0v) is 25.2. The molecule has 10 N–H and O–H groups in total. The number of rotatable bonds is 17. The fraction of sp³-hybridized carbons (Fsp3) is 0.552. The predicted molar refractivity (Wildman–Crippen MR) is 158 cm³/mol. The number of likely N-dealkylation sites (tertiary alicyclic amines) is 1. The van der Waals surface area contributed by atoms with Crippen molar-refractivity contribution < 1.29 is 48.9 Å². The molecule has 0 aliphatic carbocycles. The molecule has 0 unspecified atom stereocenters. The highest BCUT2D eigenvalue weighted by atomic mass is 16.4. The Balaban J connectivity index is 2.16. The number of nitrogens with zero attached hydrogens (tertiary/aromatic N) is 1. The maximum atomic E-state index is 13.4. The molecule has 0 saturated carbocycles. The van der Waals surface area contributed by atoms with Crippen molar-refractivity contribution in [3.8, 4) is 5.75 Å². The fourth-order valence-electron chi connectivity index (χ4n) is 4.86. The lowest BCUT2D eigenvalue weighted by molar-refractivity contribution is -0.142. The van der Waals surface area contributed by atoms with E-state index in [0.29, 0.717) is 12.0 Å². The summed E-state index contributed by atoms with van der Waals surface area (Å²) in [4.78, 5) is 88.2. The van der Waals surface area contributed by atoms with Gasteiger partial charge in [-0.2, -0.15) is 0 Å². The second kappa shape index (κ2) is 16.9. The molecule has 16 heteroatoms. The Morgan fingerprint density at radius 1 is 0.911 bits per heavy atom. The second-order valence-corrected chi connectivity index (χ2v) is 11.3. The van der Waals surface area contributed by atoms with Gasteiger partial charge >= 0.3 is 11.9 Å². The first-order valence-corrected chi connectivity index (χ1v) is 14.6. The lowest BCUT2D eigenvalue weighted by Crippen LogP contribution is -2.59. The molecule has 1 heterocycles. The van der Waals surface area contributed by atoms with Gasteiger partial charge in [-0.1, -0.05) is 26.0 Å². The minimum atomic E-state index is -1.36. The van der Waals surface area contributed by atoms with Gasteiger partial charge in [0.2, 0.25) is 29.5 Å². The van der Waals surface area contributed by atoms with Gasteiger partial charge in [-0.15, -0.1) is 0 Å². The molecule has 1 saturated heterocycles. The van der Waals surface area contributed by atoms with Gasteiger partial charge in [-0.25, -0.2) is 4.79 Å². The summed E-state index contributed by atoms with van der Waals surface area (Å²) in [6, 6.07) is -0.311. The first-order valence-electron chi connectivity index (χ1n) is 14.6. The Morgan fingerprint density at radius 3 is 2.11 bits per heavy atom. The number of aromatic hydroxyl groups is 1. The minimum absolute atomic E-state index is 0.0122. The Kier molecular flexibility index (Phi) is 13.7. The first-order chi connectivity index (χ1) is 21.1. The zero-order chi connectivity index (χ0) is 33.8. The van der Waals surface area contributed by atoms with Gasteiger partial charge in [0.15, 0.2) is 0 Å². The summed E-state index contributed by atoms with van der Waals surface area (Å²) in [7, 11) is 0. The molecule has 1 fully saturated rings. The summed E-state index contributed by atoms with van der Waals surface area (Å²) in [5.74, 6) is -6.69. The molecule has 1 aliphatic rings. The third kappa shape index (κ3) is 11.4. The van der Waals surface area contributed by atoms with Crippen molar-refractivity contribution in [1.82, 2.24) is 20.9 Å². The molecular weight excluding hydrogens is 592 g/mol. The molecule has 1 aromatic carbocycles. The molecule has 1 aliphatic heterocycles. The number of carboxylic acid groups (broad SMARTS) is 2. The van der Waals surface area contributed by atoms with Gasteiger partial charge in [0, 0.05) is 25.8 Å². The first kappa shape index (κ1) is 36.5. The molecule has 248 valence electrons. The molecule has 0 radical (unpaired) electrons. The number of nitrogens with two attached hydrogens (primary N) is 2. The number of carbonyl (C=O) groups is 7. The Bertz CT molecular complexity index is 1250. The van der Waals surface area contributed by atoms with Gasteiger partial charge in [0.1, 0.15) is 29.9 Å². The zero-order valence-electron chi connectivity index (χ0n) is 25.2. The quantitative estimate of drug-likeness (QED) is 0.0984. The third-order valence-corrected chi connectivity index (χ3v) is 7.37. The molecule has 1 aromatic rings. The van der Waals surface area contributed by atoms with Crippen molar-refractivity contribution in [3.63, 3.8) is 0 Å². The molecule has 5 atom stereocenters. The molecule has 5 amide bonds. The van der Waals surface area contributed by atoms with Crippen LogP contribution in [0.2, 0.25) is 0 Å². The van der Waals surface area contributed by atoms with E-state index in [1.807, 2.05) is 0 Å². The average Bonchev–Trinajstić information content (AvgIpc) is 3.46. The van der Waals surface area contributed by atoms with E-state index in [1.165, 1.54) is 29.2 Å². The van der Waals surface area contributed by atoms with Crippen molar-refractivity contribution in [2.24, 2.45) is 17.4 Å². The van der Waals surface area contributed by atoms with Crippen LogP contribution in [-0.2, 0) is 40.0 Å². The predicted octanol–water partition coefficient (Wildman–Crippen LogP) is -1.42. The van der Waals surface area contributed by atoms with Crippen molar-refractivity contribution in [2.45, 2.75) is 89.0 Å². The van der Waals surface area contributed by atoms with Crippen LogP contribution in [0.3, 0.4) is 0 Å². The number of phenols is 1. The fourth-order valence-corrected chi connectivity index (χ4v) is 4.86. The number of aliphatic carboxylic acids is 2. The van der Waals surface area contributed by atoms with Crippen molar-refractivity contribution in [3.05, 3.63) is 29.8 Å². The van der Waals surface area contributed by atoms with E-state index >= 15 is 0 Å². The third-order valence-electron chi connectivity index (χ3n) is 7.37. The van der Waals surface area contributed by atoms with Crippen LogP contribution in [0.5, 0.6) is 5.75 Å². The summed E-state index contributed by atoms with van der Waals surface area (Å²) < 4.78 is 0. The average molecular weight is 635 g/mol. The van der Waals surface area contributed by atoms with Crippen molar-refractivity contribution >= 4 is 41.5 Å². The molecule has 0 bridgehead atoms. The Hall–Kier alpha value is -4.73. The number of carbonyl (C=O) groups excluding carboxylic acids is 5. The van der Waals surface area contributed by atoms with Crippen LogP contribution in [0, 0.1) is 5.92 Å². The van der Waals surface area contributed by atoms with E-state index in [1.54, 1.807) is 13.8 Å². The number of phenolic OH excluding ortho intramolecular Hbond substituents is 1. The van der Waals surface area contributed by atoms with Crippen LogP contribution in [0.1, 0.15) is 57.9 Å². The van der Waals surface area contributed by atoms with Crippen LogP contribution in [0.25, 0.3) is 0 Å². The van der Waals surface area contributed by atoms with Crippen LogP contribution in [0.15, 0.2) is 24.3 Å². The van der Waals surface area contributed by atoms with E-state index in [0.717, 1.165) is 0 Å². The van der Waals surface area contributed by atoms with E-state index in [4.69, 9.17) is 16.6 Å². The number of carboxylic acids is 2. The number of benzene rings is 1. The molecular formula is C29H42N6O10. The van der Waals surface area contributed by atoms with Gasteiger partial charge in [0.05, 0.1) is 6.04 Å². The van der Waals surface area contributed by atoms with E-state index in [9.17, 15) is 43.8 Å². The molecule has 2 rings (SSSR count). The van der Waals surface area contributed by atoms with E-state index in [-0.39, 0.29) is 50.8 Å². The Labute approximate surface area is 259 Å². The summed E-state index contributed by atoms with van der Waals surface area (Å²) in [6.45, 7) is 3.43. The molecule has 0 spiro atoms. The molecule has 16 nitrogen and oxygen atoms in total. The van der Waals surface area contributed by atoms with E-state index < -0.39 is 77.6 Å². The van der Waals surface area contributed by atoms with Gasteiger partial charge in [0.25, 0.3) is 0 Å². The monoisotopic (exact) mass is 634 g/mol. The smallest absolute Gasteiger partial charge is 0.326 e. The summed E-state index contributed by atoms with van der Waals surface area (Å²) >= 11 is 0. The van der Waals surface area contributed by atoms with Crippen LogP contribution < -0.4 is 27.4 Å². The normalized spacial score (nSPS) is 17.1. The maximum absolute atomic E-state index is 13.4. The van der Waals surface area contributed by atoms with Crippen LogP contribution in [-0.4, -0.2) is 98.4 Å². The summed E-state index contributed by atoms with van der Waals surface area (Å²) in [5, 5.41) is 35.5. The second-order valence-electron chi connectivity index (χ2n) is 11.3. The largest absolute Gasteiger partial charge is 0.508 e. The Morgan fingerprint density at radius 2 is 1.56 bits per heavy atom. The van der Waals surface area contributed by atoms with Crippen LogP contribution >= 0.6 is 0 Å². The van der Waals surface area contributed by atoms with Gasteiger partial charge < -0.3 is 47.6 Å². The molecule has 45 heavy (non-hydrogen) atoms. The maximum Gasteiger partial charge on any atom is 0.326 e. The minimum Gasteiger partial charge on any atom is -0.508 e. The number of nitrogens with one attached hydrogen (secondary N) is 3. The summed E-state index contributed by atoms with van der Waals surface area (Å²) in [6.07, 6.45) is -0.372. The number of hydrogen-bond acceptors (Lipinski definition) is 9.